The van der Waals surface area contributed by atoms with Crippen molar-refractivity contribution in [1.29, 1.82) is 0 Å². The van der Waals surface area contributed by atoms with E-state index in [-0.39, 0.29) is 18.2 Å². The molecule has 1 aliphatic heterocycles. The molecule has 1 aromatic heterocycles. The monoisotopic (exact) mass is 376 g/mol. The minimum absolute atomic E-state index is 0.0448. The van der Waals surface area contributed by atoms with Crippen LogP contribution in [0.2, 0.25) is 0 Å². The molecule has 3 aromatic rings. The van der Waals surface area contributed by atoms with E-state index in [2.05, 4.69) is 17.2 Å². The Morgan fingerprint density at radius 1 is 1.11 bits per heavy atom. The van der Waals surface area contributed by atoms with Crippen LogP contribution in [0.25, 0.3) is 11.0 Å². The van der Waals surface area contributed by atoms with Crippen LogP contribution in [0.5, 0.6) is 0 Å². The lowest BCUT2D eigenvalue weighted by Gasteiger charge is -2.15. The SMILES string of the molecule is CCCCN1C(=O)[C@H](CC(=O)NCc2ccccc2)n2c1nc1ccccc12. The van der Waals surface area contributed by atoms with Gasteiger partial charge in [-0.2, -0.15) is 0 Å². The maximum Gasteiger partial charge on any atom is 0.253 e. The van der Waals surface area contributed by atoms with Crippen LogP contribution in [0.4, 0.5) is 5.95 Å². The van der Waals surface area contributed by atoms with Crippen molar-refractivity contribution in [2.24, 2.45) is 0 Å². The van der Waals surface area contributed by atoms with E-state index in [1.807, 2.05) is 59.2 Å². The van der Waals surface area contributed by atoms with Crippen molar-refractivity contribution in [1.82, 2.24) is 14.9 Å². The first-order valence-corrected chi connectivity index (χ1v) is 9.78. The van der Waals surface area contributed by atoms with Crippen molar-refractivity contribution in [2.75, 3.05) is 11.4 Å². The van der Waals surface area contributed by atoms with Gasteiger partial charge in [0.1, 0.15) is 6.04 Å². The van der Waals surface area contributed by atoms with Crippen LogP contribution in [0.15, 0.2) is 54.6 Å². The molecule has 0 saturated carbocycles. The number of carbonyl (C=O) groups excluding carboxylic acids is 2. The first kappa shape index (κ1) is 18.2. The molecule has 6 heteroatoms. The number of aromatic nitrogens is 2. The van der Waals surface area contributed by atoms with E-state index in [0.717, 1.165) is 29.4 Å². The van der Waals surface area contributed by atoms with E-state index >= 15 is 0 Å². The molecule has 4 rings (SSSR count). The summed E-state index contributed by atoms with van der Waals surface area (Å²) in [6.45, 7) is 3.18. The van der Waals surface area contributed by atoms with E-state index in [9.17, 15) is 9.59 Å². The number of anilines is 1. The number of hydrogen-bond acceptors (Lipinski definition) is 3. The van der Waals surface area contributed by atoms with Gasteiger partial charge in [-0.25, -0.2) is 4.98 Å². The molecule has 2 aromatic carbocycles. The van der Waals surface area contributed by atoms with E-state index < -0.39 is 6.04 Å². The van der Waals surface area contributed by atoms with Crippen LogP contribution >= 0.6 is 0 Å². The number of nitrogens with one attached hydrogen (secondary N) is 1. The summed E-state index contributed by atoms with van der Waals surface area (Å²) in [6, 6.07) is 17.0. The van der Waals surface area contributed by atoms with Gasteiger partial charge in [0, 0.05) is 13.1 Å². The number of para-hydroxylation sites is 2. The maximum absolute atomic E-state index is 13.1. The van der Waals surface area contributed by atoms with Crippen LogP contribution in [-0.4, -0.2) is 27.9 Å². The highest BCUT2D eigenvalue weighted by molar-refractivity contribution is 6.03. The van der Waals surface area contributed by atoms with E-state index in [4.69, 9.17) is 0 Å². The van der Waals surface area contributed by atoms with Crippen molar-refractivity contribution in [3.8, 4) is 0 Å². The second-order valence-corrected chi connectivity index (χ2v) is 7.10. The van der Waals surface area contributed by atoms with Crippen LogP contribution in [0.3, 0.4) is 0 Å². The smallest absolute Gasteiger partial charge is 0.253 e. The molecule has 1 aliphatic rings. The highest BCUT2D eigenvalue weighted by Gasteiger charge is 2.40. The first-order chi connectivity index (χ1) is 13.7. The average Bonchev–Trinajstić information content (AvgIpc) is 3.21. The number of amides is 2. The van der Waals surface area contributed by atoms with Crippen molar-refractivity contribution in [2.45, 2.75) is 38.8 Å². The van der Waals surface area contributed by atoms with Crippen molar-refractivity contribution >= 4 is 28.8 Å². The Balaban J connectivity index is 1.56. The third-order valence-electron chi connectivity index (χ3n) is 5.13. The Labute approximate surface area is 164 Å². The first-order valence-electron chi connectivity index (χ1n) is 9.78. The number of carbonyl (C=O) groups is 2. The van der Waals surface area contributed by atoms with Crippen molar-refractivity contribution < 1.29 is 9.59 Å². The summed E-state index contributed by atoms with van der Waals surface area (Å²) in [4.78, 5) is 32.1. The Bertz CT molecular complexity index is 996. The minimum atomic E-state index is -0.546. The third kappa shape index (κ3) is 3.38. The topological polar surface area (TPSA) is 67.2 Å². The minimum Gasteiger partial charge on any atom is -0.352 e. The Kier molecular flexibility index (Phi) is 5.10. The molecule has 0 radical (unpaired) electrons. The highest BCUT2D eigenvalue weighted by atomic mass is 16.2. The molecular weight excluding hydrogens is 352 g/mol. The standard InChI is InChI=1S/C22H24N4O2/c1-2-3-13-25-21(28)19(14-20(27)23-15-16-9-5-4-6-10-16)26-18-12-8-7-11-17(18)24-22(25)26/h4-12,19H,2-3,13-15H2,1H3,(H,23,27)/t19-/m0/s1. The summed E-state index contributed by atoms with van der Waals surface area (Å²) < 4.78 is 1.93. The lowest BCUT2D eigenvalue weighted by molar-refractivity contribution is -0.127. The summed E-state index contributed by atoms with van der Waals surface area (Å²) in [7, 11) is 0. The molecule has 2 amide bonds. The molecule has 0 aliphatic carbocycles. The van der Waals surface area contributed by atoms with Gasteiger partial charge in [-0.05, 0) is 24.1 Å². The van der Waals surface area contributed by atoms with Gasteiger partial charge in [0.05, 0.1) is 17.5 Å². The zero-order valence-corrected chi connectivity index (χ0v) is 16.0. The fourth-order valence-corrected chi connectivity index (χ4v) is 3.67. The summed E-state index contributed by atoms with van der Waals surface area (Å²) in [5.41, 5.74) is 2.78. The van der Waals surface area contributed by atoms with Gasteiger partial charge < -0.3 is 5.32 Å². The summed E-state index contributed by atoms with van der Waals surface area (Å²) in [5, 5.41) is 2.93. The summed E-state index contributed by atoms with van der Waals surface area (Å²) in [5.74, 6) is 0.473. The molecule has 0 fully saturated rings. The average molecular weight is 376 g/mol. The molecule has 2 heterocycles. The van der Waals surface area contributed by atoms with E-state index in [1.54, 1.807) is 4.90 Å². The van der Waals surface area contributed by atoms with Gasteiger partial charge in [0.25, 0.3) is 5.91 Å². The number of fused-ring (bicyclic) bond motifs is 3. The fraction of sp³-hybridized carbons (Fsp3) is 0.318. The molecule has 0 unspecified atom stereocenters. The van der Waals surface area contributed by atoms with Crippen LogP contribution in [-0.2, 0) is 16.1 Å². The van der Waals surface area contributed by atoms with Crippen molar-refractivity contribution in [3.63, 3.8) is 0 Å². The number of benzene rings is 2. The third-order valence-corrected chi connectivity index (χ3v) is 5.13. The summed E-state index contributed by atoms with van der Waals surface area (Å²) in [6.07, 6.45) is 2.01. The lowest BCUT2D eigenvalue weighted by atomic mass is 10.1. The summed E-state index contributed by atoms with van der Waals surface area (Å²) >= 11 is 0. The quantitative estimate of drug-likeness (QED) is 0.687. The van der Waals surface area contributed by atoms with E-state index in [0.29, 0.717) is 19.0 Å². The zero-order valence-electron chi connectivity index (χ0n) is 16.0. The molecule has 0 spiro atoms. The Morgan fingerprint density at radius 3 is 2.64 bits per heavy atom. The number of hydrogen-bond donors (Lipinski definition) is 1. The lowest BCUT2D eigenvalue weighted by Crippen LogP contribution is -2.33. The Hall–Kier alpha value is -3.15. The predicted molar refractivity (Wildman–Crippen MR) is 109 cm³/mol. The fourth-order valence-electron chi connectivity index (χ4n) is 3.67. The van der Waals surface area contributed by atoms with Crippen molar-refractivity contribution in [3.05, 3.63) is 60.2 Å². The molecule has 1 N–H and O–H groups in total. The van der Waals surface area contributed by atoms with Gasteiger partial charge in [-0.15, -0.1) is 0 Å². The zero-order chi connectivity index (χ0) is 19.5. The molecule has 0 saturated heterocycles. The van der Waals surface area contributed by atoms with Gasteiger partial charge in [-0.1, -0.05) is 55.8 Å². The maximum atomic E-state index is 13.1. The predicted octanol–water partition coefficient (Wildman–Crippen LogP) is 3.43. The molecule has 6 nitrogen and oxygen atoms in total. The number of unbranched alkanes of at least 4 members (excludes halogenated alkanes) is 1. The largest absolute Gasteiger partial charge is 0.352 e. The molecule has 1 atom stereocenters. The van der Waals surface area contributed by atoms with Gasteiger partial charge in [0.2, 0.25) is 11.9 Å². The Morgan fingerprint density at radius 2 is 1.86 bits per heavy atom. The molecule has 28 heavy (non-hydrogen) atoms. The van der Waals surface area contributed by atoms with E-state index in [1.165, 1.54) is 0 Å². The molecule has 0 bridgehead atoms. The van der Waals surface area contributed by atoms with Gasteiger partial charge >= 0.3 is 0 Å². The number of nitrogens with zero attached hydrogens (tertiary/aromatic N) is 3. The second-order valence-electron chi connectivity index (χ2n) is 7.10. The van der Waals surface area contributed by atoms with Crippen LogP contribution in [0.1, 0.15) is 37.8 Å². The second kappa shape index (κ2) is 7.84. The molecule has 144 valence electrons. The highest BCUT2D eigenvalue weighted by Crippen LogP contribution is 2.36. The number of imidazole rings is 1. The molecular formula is C22H24N4O2. The van der Waals surface area contributed by atoms with Gasteiger partial charge in [-0.3, -0.25) is 19.1 Å². The van der Waals surface area contributed by atoms with Crippen LogP contribution in [0, 0.1) is 0 Å². The number of rotatable bonds is 7. The van der Waals surface area contributed by atoms with Crippen LogP contribution < -0.4 is 10.2 Å². The van der Waals surface area contributed by atoms with Gasteiger partial charge in [0.15, 0.2) is 0 Å². The normalized spacial score (nSPS) is 15.8.